The first kappa shape index (κ1) is 130. The second-order valence-corrected chi connectivity index (χ2v) is 60.2. The highest BCUT2D eigenvalue weighted by molar-refractivity contribution is 7.88. The zero-order valence-corrected chi connectivity index (χ0v) is 103. The van der Waals surface area contributed by atoms with Crippen LogP contribution in [0.5, 0.6) is 0 Å². The molecule has 0 bridgehead atoms. The Morgan fingerprint density at radius 2 is 0.583 bits per heavy atom. The van der Waals surface area contributed by atoms with E-state index in [1.807, 2.05) is 227 Å². The molecule has 0 amide bonds. The molecule has 4 rings (SSSR count). The molecule has 1 aliphatic carbocycles. The Hall–Kier alpha value is -7.08. The van der Waals surface area contributed by atoms with Crippen molar-refractivity contribution in [3.05, 3.63) is 93.0 Å². The first-order valence-corrected chi connectivity index (χ1v) is 56.9. The van der Waals surface area contributed by atoms with Crippen molar-refractivity contribution in [3.63, 3.8) is 0 Å². The van der Waals surface area contributed by atoms with E-state index in [1.54, 1.807) is 12.1 Å². The van der Waals surface area contributed by atoms with E-state index < -0.39 is 50.7 Å². The van der Waals surface area contributed by atoms with Gasteiger partial charge in [-0.2, -0.15) is 0 Å². The number of nitrogens with zero attached hydrogens (tertiary/aromatic N) is 35. The van der Waals surface area contributed by atoms with Gasteiger partial charge in [0.1, 0.15) is 0 Å². The number of non-ortho nitro benzene ring substituents is 1. The van der Waals surface area contributed by atoms with E-state index >= 15 is 0 Å². The van der Waals surface area contributed by atoms with Crippen LogP contribution in [0.15, 0.2) is 108 Å². The summed E-state index contributed by atoms with van der Waals surface area (Å²) in [5.74, 6) is 7.60. The van der Waals surface area contributed by atoms with Crippen LogP contribution in [0.2, 0.25) is 0 Å². The fraction of sp³-hybridized carbons (Fsp3) is 0.717. The summed E-state index contributed by atoms with van der Waals surface area (Å²) in [6.45, 7) is 18.0. The largest absolute Gasteiger partial charge is 0.507 e. The van der Waals surface area contributed by atoms with Crippen LogP contribution in [0, 0.1) is 10.1 Å². The van der Waals surface area contributed by atoms with Crippen molar-refractivity contribution in [3.8, 4) is 0 Å². The molecule has 0 unspecified atom stereocenters. The molecule has 0 aromatic heterocycles. The highest BCUT2D eigenvalue weighted by Gasteiger charge is 2.57. The van der Waals surface area contributed by atoms with Gasteiger partial charge < -0.3 is 55.1 Å². The van der Waals surface area contributed by atoms with Gasteiger partial charge in [0.05, 0.1) is 67.3 Å². The third-order valence-corrected chi connectivity index (χ3v) is 44.4. The normalized spacial score (nSPS) is 13.0. The fourth-order valence-electron chi connectivity index (χ4n) is 16.4. The maximum atomic E-state index is 10.8. The summed E-state index contributed by atoms with van der Waals surface area (Å²) in [4.78, 5) is 40.1. The number of hydrogen-bond acceptors (Lipinski definition) is 11. The molecule has 0 radical (unpaired) electrons. The molecular formula is C92H197N39O2P6+4. The molecule has 3 aromatic carbocycles. The maximum Gasteiger partial charge on any atom is 0.507 e. The lowest BCUT2D eigenvalue weighted by atomic mass is 9.92. The van der Waals surface area contributed by atoms with Crippen LogP contribution >= 0.6 is 45.8 Å². The molecule has 798 valence electrons. The van der Waals surface area contributed by atoms with E-state index in [2.05, 4.69) is 338 Å². The van der Waals surface area contributed by atoms with Crippen LogP contribution in [-0.2, 0) is 0 Å². The molecule has 139 heavy (non-hydrogen) atoms. The minimum absolute atomic E-state index is 0.0723. The lowest BCUT2D eigenvalue weighted by molar-refractivity contribution is -0.471. The van der Waals surface area contributed by atoms with Crippen molar-refractivity contribution in [2.24, 2.45) is 47.1 Å². The molecule has 1 saturated carbocycles. The van der Waals surface area contributed by atoms with Gasteiger partial charge in [-0.05, 0) is 282 Å². The number of guanidine groups is 8. The Bertz CT molecular complexity index is 4240. The summed E-state index contributed by atoms with van der Waals surface area (Å²) >= 11 is 0. The SMILES string of the molecule is CC(C)c1cccc(C(C)C)c1NC(=NC(N(C)C)=[N+](C)C)Nc1c(C(C)C)cccc1C(C)C.CN(C)C(=N[P+](N=C(N(C)C)N(C)C)(N=C(N(C)C)N(C)C)N=C(N(C)C)N(C)C)N(C)C.CN(C)C(NC(=NC1CCCCC1)Nc1ccc([N+](=O)[O-])cc1)=[N+](C)C.CN(C)P(=N[P+](N=P(N(C)C)(N(C)C)N(C)C)(N=P(N(C)C)(N(C)C)N(C)C)N=P(N(C)C)(N(C)C)N(C)C)(N(C)C)N(C)C. The highest BCUT2D eigenvalue weighted by Crippen LogP contribution is 2.86. The van der Waals surface area contributed by atoms with Crippen LogP contribution < -0.4 is 21.3 Å². The van der Waals surface area contributed by atoms with Gasteiger partial charge in [-0.15, -0.1) is 0 Å². The maximum absolute atomic E-state index is 10.8. The predicted octanol–water partition coefficient (Wildman–Crippen LogP) is 15.5. The lowest BCUT2D eigenvalue weighted by Crippen LogP contribution is -2.47. The van der Waals surface area contributed by atoms with Gasteiger partial charge in [-0.25, -0.2) is 66.4 Å². The van der Waals surface area contributed by atoms with Crippen molar-refractivity contribution >= 4 is 116 Å². The number of rotatable bonds is 29. The lowest BCUT2D eigenvalue weighted by Gasteiger charge is -2.44. The Morgan fingerprint density at radius 1 is 0.331 bits per heavy atom. The van der Waals surface area contributed by atoms with Gasteiger partial charge in [0.25, 0.3) is 17.6 Å². The zero-order valence-electron chi connectivity index (χ0n) is 97.3. The molecule has 0 aliphatic heterocycles. The van der Waals surface area contributed by atoms with Gasteiger partial charge >= 0.3 is 27.6 Å². The summed E-state index contributed by atoms with van der Waals surface area (Å²) in [5, 5.41) is 25.0. The molecule has 3 aromatic rings. The Balaban J connectivity index is 0.000000942. The summed E-state index contributed by atoms with van der Waals surface area (Å²) in [6.07, 6.45) is 5.87. The van der Waals surface area contributed by atoms with E-state index in [1.165, 1.54) is 53.6 Å². The van der Waals surface area contributed by atoms with E-state index in [0.717, 1.165) is 71.6 Å². The molecule has 0 spiro atoms. The van der Waals surface area contributed by atoms with Crippen molar-refractivity contribution in [1.29, 1.82) is 0 Å². The predicted molar refractivity (Wildman–Crippen MR) is 614 cm³/mol. The average molecular weight is 2070 g/mol. The monoisotopic (exact) mass is 2070 g/mol. The van der Waals surface area contributed by atoms with Crippen LogP contribution in [0.4, 0.5) is 22.7 Å². The molecule has 47 heteroatoms. The Morgan fingerprint density at radius 3 is 0.777 bits per heavy atom. The standard InChI is InChI=1S/C30H47N5.C24H72N16P5.C20H48N12P.C18H28N6O2/c1-19(2)23-15-13-16-24(20(3)4)27(23)31-29(33-30(34(9)10)35(11)12)32-28-25(21(5)6)17-14-18-26(28)22(7)8;1-29(2)42(30(3)4,31(5)6)25-41(26-43(32(7)8,33(9)10)34(11)12,27-44(35(13)14,36(15)16)37(17)18)28-45(38(19)20,39(21)22)40(23)24;1-25(2)17(26(3)4)21-33(22-18(27(5)6)28(7)8,23-19(29(9)10)30(11)12)24-20(31(13)14)32(15)16;1-22(2)18(23(3)4)21-17(19-14-8-6-5-7-9-14)20-15-10-12-16(13-11-15)24(25)26/h13-22H,1-12H3,(H,31,32);1-24H3;1-16H3;10-14H,5-9H2,1-4H3,(H,19,20)/q;2*+1;/p+2. The molecule has 0 saturated heterocycles. The summed E-state index contributed by atoms with van der Waals surface area (Å²) in [5.41, 5.74) is 8.30. The van der Waals surface area contributed by atoms with Crippen molar-refractivity contribution < 1.29 is 14.1 Å². The third kappa shape index (κ3) is 35.7. The van der Waals surface area contributed by atoms with Gasteiger partial charge in [-0.1, -0.05) is 111 Å². The van der Waals surface area contributed by atoms with Crippen molar-refractivity contribution in [1.82, 2.24) is 110 Å². The first-order valence-electron chi connectivity index (χ1n) is 47.3. The van der Waals surface area contributed by atoms with Gasteiger partial charge in [0.2, 0.25) is 53.9 Å². The Labute approximate surface area is 847 Å². The number of nitro groups is 1. The number of nitrogens with one attached hydrogen (secondary N) is 4. The van der Waals surface area contributed by atoms with Gasteiger partial charge in [0, 0.05) is 142 Å². The Kier molecular flexibility index (Phi) is 53.8. The highest BCUT2D eigenvalue weighted by atomic mass is 31.3. The number of anilines is 3. The molecule has 0 atom stereocenters. The van der Waals surface area contributed by atoms with Crippen LogP contribution in [0.3, 0.4) is 0 Å². The van der Waals surface area contributed by atoms with E-state index in [9.17, 15) is 10.1 Å². The fourth-order valence-corrected chi connectivity index (χ4v) is 43.2. The van der Waals surface area contributed by atoms with Crippen molar-refractivity contribution in [2.75, 3.05) is 354 Å². The topological polar surface area (TPSA) is 292 Å². The molecule has 1 fully saturated rings. The second kappa shape index (κ2) is 57.6. The van der Waals surface area contributed by atoms with Gasteiger partial charge in [-0.3, -0.25) is 29.1 Å². The van der Waals surface area contributed by atoms with E-state index in [-0.39, 0.29) is 5.69 Å². The van der Waals surface area contributed by atoms with Gasteiger partial charge in [0.15, 0.2) is 0 Å². The first-order chi connectivity index (χ1) is 63.8. The minimum Gasteiger partial charge on any atom is -0.346 e. The number of para-hydroxylation sites is 2. The summed E-state index contributed by atoms with van der Waals surface area (Å²) in [6, 6.07) is 19.9. The van der Waals surface area contributed by atoms with Crippen molar-refractivity contribution in [2.45, 2.75) is 117 Å². The number of aliphatic imine (C=N–C) groups is 2. The smallest absolute Gasteiger partial charge is 0.346 e. The molecule has 4 N–H and O–H groups in total. The molecule has 41 nitrogen and oxygen atoms in total. The average Bonchev–Trinajstić information content (AvgIpc) is 0.720. The number of hydrogen-bond donors (Lipinski definition) is 4. The second-order valence-electron chi connectivity index (χ2n) is 40.5. The molecule has 1 aliphatic rings. The molecule has 0 heterocycles. The minimum atomic E-state index is -3.43. The molecular weight excluding hydrogens is 1870 g/mol. The summed E-state index contributed by atoms with van der Waals surface area (Å²) < 4.78 is 75.9. The van der Waals surface area contributed by atoms with Crippen LogP contribution in [-0.4, -0.2) is 511 Å². The quantitative estimate of drug-likeness (QED) is 0.0125. The van der Waals surface area contributed by atoms with Crippen LogP contribution in [0.1, 0.15) is 133 Å². The third-order valence-electron chi connectivity index (χ3n) is 22.0. The van der Waals surface area contributed by atoms with E-state index in [0.29, 0.717) is 35.7 Å². The van der Waals surface area contributed by atoms with E-state index in [4.69, 9.17) is 47.1 Å². The number of benzene rings is 3. The van der Waals surface area contributed by atoms with Crippen LogP contribution in [0.25, 0.3) is 0 Å². The number of nitro benzene ring substituents is 1. The summed E-state index contributed by atoms with van der Waals surface area (Å²) in [7, 11) is 81.0. The zero-order chi connectivity index (χ0) is 108.